The highest BCUT2D eigenvalue weighted by Crippen LogP contribution is 2.33. The Bertz CT molecular complexity index is 736. The lowest BCUT2D eigenvalue weighted by molar-refractivity contribution is -0.122. The first-order valence-electron chi connectivity index (χ1n) is 12.6. The Morgan fingerprint density at radius 2 is 1.79 bits per heavy atom. The van der Waals surface area contributed by atoms with Crippen LogP contribution in [0.3, 0.4) is 0 Å². The summed E-state index contributed by atoms with van der Waals surface area (Å²) in [5.41, 5.74) is 10.2. The van der Waals surface area contributed by atoms with Crippen LogP contribution in [0.2, 0.25) is 0 Å². The van der Waals surface area contributed by atoms with Crippen LogP contribution in [0.15, 0.2) is 16.3 Å². The molecule has 0 unspecified atom stereocenters. The van der Waals surface area contributed by atoms with Gasteiger partial charge in [-0.25, -0.2) is 4.79 Å². The Kier molecular flexibility index (Phi) is 13.0. The van der Waals surface area contributed by atoms with Crippen molar-refractivity contribution < 1.29 is 19.1 Å². The fourth-order valence-corrected chi connectivity index (χ4v) is 4.38. The number of alkyl carbamates (subject to hydrolysis) is 1. The molecule has 1 aliphatic carbocycles. The molecule has 1 aliphatic rings. The maximum absolute atomic E-state index is 12.6. The summed E-state index contributed by atoms with van der Waals surface area (Å²) in [5.74, 6) is -0.156. The Morgan fingerprint density at radius 3 is 2.35 bits per heavy atom. The molecule has 3 atom stereocenters. The number of rotatable bonds is 13. The van der Waals surface area contributed by atoms with Crippen molar-refractivity contribution in [2.24, 2.45) is 5.11 Å². The van der Waals surface area contributed by atoms with E-state index in [0.717, 1.165) is 44.9 Å². The Morgan fingerprint density at radius 1 is 1.15 bits per heavy atom. The van der Waals surface area contributed by atoms with Crippen LogP contribution in [0.1, 0.15) is 99.8 Å². The van der Waals surface area contributed by atoms with Gasteiger partial charge in [-0.3, -0.25) is 4.79 Å². The van der Waals surface area contributed by atoms with Gasteiger partial charge in [-0.2, -0.15) is 0 Å². The Balaban J connectivity index is 3.10. The second-order valence-electron chi connectivity index (χ2n) is 10.1. The van der Waals surface area contributed by atoms with E-state index in [9.17, 15) is 9.59 Å². The summed E-state index contributed by atoms with van der Waals surface area (Å²) >= 11 is 0. The third kappa shape index (κ3) is 10.8. The lowest BCUT2D eigenvalue weighted by atomic mass is 9.80. The van der Waals surface area contributed by atoms with E-state index in [-0.39, 0.29) is 30.2 Å². The molecule has 0 aromatic carbocycles. The van der Waals surface area contributed by atoms with Crippen molar-refractivity contribution in [2.45, 2.75) is 130 Å². The van der Waals surface area contributed by atoms with E-state index in [2.05, 4.69) is 41.4 Å². The van der Waals surface area contributed by atoms with Gasteiger partial charge in [0.05, 0.1) is 18.2 Å². The summed E-state index contributed by atoms with van der Waals surface area (Å²) in [5, 5.41) is 9.64. The minimum absolute atomic E-state index is 0.0631. The van der Waals surface area contributed by atoms with Gasteiger partial charge in [-0.1, -0.05) is 37.4 Å². The molecule has 0 heterocycles. The smallest absolute Gasteiger partial charge is 0.407 e. The molecule has 2 amide bonds. The monoisotopic (exact) mass is 479 g/mol. The van der Waals surface area contributed by atoms with Crippen LogP contribution in [0.4, 0.5) is 4.79 Å². The molecule has 9 nitrogen and oxygen atoms in total. The highest BCUT2D eigenvalue weighted by atomic mass is 16.6. The average molecular weight is 480 g/mol. The summed E-state index contributed by atoms with van der Waals surface area (Å²) in [6, 6.07) is -0.708. The molecule has 34 heavy (non-hydrogen) atoms. The molecule has 9 heteroatoms. The van der Waals surface area contributed by atoms with Crippen LogP contribution in [-0.2, 0) is 14.3 Å². The zero-order valence-corrected chi connectivity index (χ0v) is 22.1. The van der Waals surface area contributed by atoms with Crippen LogP contribution in [0.25, 0.3) is 10.4 Å². The summed E-state index contributed by atoms with van der Waals surface area (Å²) in [4.78, 5) is 27.5. The van der Waals surface area contributed by atoms with E-state index in [1.165, 1.54) is 18.1 Å². The number of nitrogens with zero attached hydrogens (tertiary/aromatic N) is 3. The quantitative estimate of drug-likeness (QED) is 0.111. The molecule has 0 aromatic rings. The number of carbonyl (C=O) groups excluding carboxylic acids is 2. The third-order valence-electron chi connectivity index (χ3n) is 6.02. The van der Waals surface area contributed by atoms with E-state index in [0.29, 0.717) is 13.0 Å². The summed E-state index contributed by atoms with van der Waals surface area (Å²) in [6.45, 7) is 13.8. The van der Waals surface area contributed by atoms with Gasteiger partial charge in [-0.05, 0) is 77.3 Å². The summed E-state index contributed by atoms with van der Waals surface area (Å²) < 4.78 is 12.1. The molecule has 0 saturated heterocycles. The molecule has 2 N–H and O–H groups in total. The maximum Gasteiger partial charge on any atom is 0.407 e. The first-order valence-corrected chi connectivity index (χ1v) is 12.6. The molecule has 0 fully saturated rings. The van der Waals surface area contributed by atoms with Crippen molar-refractivity contribution >= 4 is 12.0 Å². The van der Waals surface area contributed by atoms with Gasteiger partial charge >= 0.3 is 6.09 Å². The van der Waals surface area contributed by atoms with Gasteiger partial charge in [0.2, 0.25) is 5.91 Å². The zero-order chi connectivity index (χ0) is 25.7. The molecule has 1 rings (SSSR count). The fraction of sp³-hybridized carbons (Fsp3) is 0.840. The van der Waals surface area contributed by atoms with Gasteiger partial charge < -0.3 is 20.1 Å². The normalized spacial score (nSPS) is 20.6. The van der Waals surface area contributed by atoms with E-state index in [1.807, 2.05) is 20.8 Å². The van der Waals surface area contributed by atoms with Gasteiger partial charge in [0.15, 0.2) is 0 Å². The van der Waals surface area contributed by atoms with Gasteiger partial charge in [-0.15, -0.1) is 0 Å². The lowest BCUT2D eigenvalue weighted by Gasteiger charge is -2.42. The number of hydrogen-bond donors (Lipinski definition) is 2. The second kappa shape index (κ2) is 14.9. The first-order chi connectivity index (χ1) is 16.0. The van der Waals surface area contributed by atoms with E-state index >= 15 is 0 Å². The number of ether oxygens (including phenoxy) is 2. The fourth-order valence-electron chi connectivity index (χ4n) is 4.38. The third-order valence-corrected chi connectivity index (χ3v) is 6.02. The van der Waals surface area contributed by atoms with Crippen LogP contribution in [0, 0.1) is 0 Å². The topological polar surface area (TPSA) is 125 Å². The lowest BCUT2D eigenvalue weighted by Crippen LogP contribution is -2.60. The zero-order valence-electron chi connectivity index (χ0n) is 22.1. The predicted molar refractivity (Wildman–Crippen MR) is 134 cm³/mol. The summed E-state index contributed by atoms with van der Waals surface area (Å²) in [7, 11) is 0. The van der Waals surface area contributed by atoms with Gasteiger partial charge in [0, 0.05) is 18.4 Å². The first kappa shape index (κ1) is 29.8. The summed E-state index contributed by atoms with van der Waals surface area (Å²) in [6.07, 6.45) is 6.39. The van der Waals surface area contributed by atoms with Crippen molar-refractivity contribution in [2.75, 3.05) is 6.54 Å². The minimum Gasteiger partial charge on any atom is -0.444 e. The number of carbonyl (C=O) groups is 2. The molecular formula is C25H45N5O4. The van der Waals surface area contributed by atoms with Crippen molar-refractivity contribution in [3.63, 3.8) is 0 Å². The average Bonchev–Trinajstić information content (AvgIpc) is 2.73. The van der Waals surface area contributed by atoms with Crippen LogP contribution in [-0.4, -0.2) is 48.4 Å². The van der Waals surface area contributed by atoms with Crippen LogP contribution in [0.5, 0.6) is 0 Å². The SMILES string of the molecule is CCC(CC)O[C@@H]1C(CCCCCCN=[N+]=[N-])=C(C)C[C@H](NC(=O)OC(C)(C)C)[C@H]1NC(C)=O. The van der Waals surface area contributed by atoms with Crippen molar-refractivity contribution in [3.8, 4) is 0 Å². The molecule has 0 aromatic heterocycles. The van der Waals surface area contributed by atoms with E-state index in [4.69, 9.17) is 15.0 Å². The molecular weight excluding hydrogens is 434 g/mol. The minimum atomic E-state index is -0.609. The van der Waals surface area contributed by atoms with E-state index in [1.54, 1.807) is 0 Å². The highest BCUT2D eigenvalue weighted by Gasteiger charge is 2.40. The number of unbranched alkanes of at least 4 members (excludes halogenated alkanes) is 3. The number of azide groups is 1. The standard InChI is InChI=1S/C25H45N5O4/c1-8-19(9-2)33-23-20(14-12-10-11-13-15-27-30-26)17(3)16-21(22(23)28-18(4)31)29-24(32)34-25(5,6)7/h19,21-23H,8-16H2,1-7H3,(H,28,31)(H,29,32)/t21-,22+,23+/m0/s1. The number of hydrogen-bond acceptors (Lipinski definition) is 5. The Labute approximate surface area is 205 Å². The second-order valence-corrected chi connectivity index (χ2v) is 10.1. The van der Waals surface area contributed by atoms with Crippen molar-refractivity contribution in [1.82, 2.24) is 10.6 Å². The van der Waals surface area contributed by atoms with Crippen molar-refractivity contribution in [1.29, 1.82) is 0 Å². The Hall–Kier alpha value is -2.25. The van der Waals surface area contributed by atoms with E-state index < -0.39 is 11.7 Å². The number of amides is 2. The molecule has 0 saturated carbocycles. The van der Waals surface area contributed by atoms with Crippen molar-refractivity contribution in [3.05, 3.63) is 21.6 Å². The van der Waals surface area contributed by atoms with Crippen LogP contribution >= 0.6 is 0 Å². The highest BCUT2D eigenvalue weighted by molar-refractivity contribution is 5.74. The molecule has 194 valence electrons. The maximum atomic E-state index is 12.6. The largest absolute Gasteiger partial charge is 0.444 e. The molecule has 0 spiro atoms. The molecule has 0 bridgehead atoms. The van der Waals surface area contributed by atoms with Gasteiger partial charge in [0.1, 0.15) is 11.7 Å². The number of nitrogens with one attached hydrogen (secondary N) is 2. The van der Waals surface area contributed by atoms with Crippen LogP contribution < -0.4 is 10.6 Å². The predicted octanol–water partition coefficient (Wildman–Crippen LogP) is 5.94. The van der Waals surface area contributed by atoms with Gasteiger partial charge in [0.25, 0.3) is 0 Å². The molecule has 0 aliphatic heterocycles. The molecule has 0 radical (unpaired) electrons.